The highest BCUT2D eigenvalue weighted by molar-refractivity contribution is 7.99. The molecular weight excluding hydrogens is 280 g/mol. The van der Waals surface area contributed by atoms with Gasteiger partial charge in [0, 0.05) is 11.8 Å². The van der Waals surface area contributed by atoms with Crippen LogP contribution in [0, 0.1) is 0 Å². The summed E-state index contributed by atoms with van der Waals surface area (Å²) in [6.07, 6.45) is 0.910. The number of thioether (sulfide) groups is 1. The van der Waals surface area contributed by atoms with Crippen LogP contribution in [-0.2, 0) is 9.84 Å². The molecule has 0 radical (unpaired) electrons. The number of nitrogens with one attached hydrogen (secondary N) is 1. The molecule has 0 amide bonds. The standard InChI is InChI=1S/C11H13F2NO2S2/c12-11(13)18(15,16)10-4-2-1-3-9(10)14-8-5-6-17-7-8/h1-4,8,11,14H,5-7H2. The fraction of sp³-hybridized carbons (Fsp3) is 0.455. The first-order valence-electron chi connectivity index (χ1n) is 5.47. The molecule has 1 aromatic carbocycles. The van der Waals surface area contributed by atoms with Gasteiger partial charge in [-0.25, -0.2) is 8.42 Å². The van der Waals surface area contributed by atoms with Crippen LogP contribution in [0.3, 0.4) is 0 Å². The van der Waals surface area contributed by atoms with E-state index in [0.717, 1.165) is 17.9 Å². The van der Waals surface area contributed by atoms with E-state index in [0.29, 0.717) is 0 Å². The number of anilines is 1. The summed E-state index contributed by atoms with van der Waals surface area (Å²) in [5.41, 5.74) is 0.269. The minimum Gasteiger partial charge on any atom is -0.380 e. The van der Waals surface area contributed by atoms with Gasteiger partial charge < -0.3 is 5.32 Å². The van der Waals surface area contributed by atoms with Crippen LogP contribution < -0.4 is 5.32 Å². The van der Waals surface area contributed by atoms with E-state index in [-0.39, 0.29) is 16.6 Å². The molecule has 1 aliphatic heterocycles. The number of hydrogen-bond donors (Lipinski definition) is 1. The summed E-state index contributed by atoms with van der Waals surface area (Å²) in [5, 5.41) is 3.04. The molecule has 1 unspecified atom stereocenters. The molecule has 1 saturated heterocycles. The maximum atomic E-state index is 12.6. The molecule has 1 N–H and O–H groups in total. The van der Waals surface area contributed by atoms with Crippen LogP contribution in [0.4, 0.5) is 14.5 Å². The Kier molecular flexibility index (Phi) is 4.11. The normalized spacial score (nSPS) is 20.3. The monoisotopic (exact) mass is 293 g/mol. The molecular formula is C11H13F2NO2S2. The zero-order valence-electron chi connectivity index (χ0n) is 9.47. The third-order valence-electron chi connectivity index (χ3n) is 2.72. The highest BCUT2D eigenvalue weighted by Gasteiger charge is 2.29. The topological polar surface area (TPSA) is 46.2 Å². The number of hydrogen-bond acceptors (Lipinski definition) is 4. The molecule has 0 spiro atoms. The number of rotatable bonds is 4. The zero-order valence-corrected chi connectivity index (χ0v) is 11.1. The lowest BCUT2D eigenvalue weighted by Gasteiger charge is -2.16. The Bertz CT molecular complexity index is 514. The van der Waals surface area contributed by atoms with E-state index in [1.54, 1.807) is 17.8 Å². The summed E-state index contributed by atoms with van der Waals surface area (Å²) < 4.78 is 48.2. The van der Waals surface area contributed by atoms with Gasteiger partial charge in [-0.05, 0) is 24.3 Å². The molecule has 0 bridgehead atoms. The van der Waals surface area contributed by atoms with E-state index in [4.69, 9.17) is 0 Å². The number of alkyl halides is 2. The van der Waals surface area contributed by atoms with Crippen molar-refractivity contribution >= 4 is 27.3 Å². The molecule has 0 aliphatic carbocycles. The summed E-state index contributed by atoms with van der Waals surface area (Å²) >= 11 is 1.76. The van der Waals surface area contributed by atoms with E-state index in [1.807, 2.05) is 0 Å². The van der Waals surface area contributed by atoms with Crippen molar-refractivity contribution in [3.05, 3.63) is 24.3 Å². The van der Waals surface area contributed by atoms with Crippen molar-refractivity contribution in [2.75, 3.05) is 16.8 Å². The molecule has 100 valence electrons. The van der Waals surface area contributed by atoms with Gasteiger partial charge in [0.2, 0.25) is 9.84 Å². The lowest BCUT2D eigenvalue weighted by molar-refractivity contribution is 0.235. The highest BCUT2D eigenvalue weighted by Crippen LogP contribution is 2.29. The predicted molar refractivity (Wildman–Crippen MR) is 69.0 cm³/mol. The number of sulfone groups is 1. The Balaban J connectivity index is 2.31. The van der Waals surface area contributed by atoms with Gasteiger partial charge in [-0.3, -0.25) is 0 Å². The van der Waals surface area contributed by atoms with Crippen molar-refractivity contribution in [3.63, 3.8) is 0 Å². The Morgan fingerprint density at radius 1 is 1.33 bits per heavy atom. The fourth-order valence-electron chi connectivity index (χ4n) is 1.80. The zero-order chi connectivity index (χ0) is 13.2. The van der Waals surface area contributed by atoms with Gasteiger partial charge in [0.15, 0.2) is 0 Å². The molecule has 0 aromatic heterocycles. The first kappa shape index (κ1) is 13.6. The lowest BCUT2D eigenvalue weighted by Crippen LogP contribution is -2.21. The van der Waals surface area contributed by atoms with Gasteiger partial charge in [0.1, 0.15) is 0 Å². The van der Waals surface area contributed by atoms with Gasteiger partial charge in [-0.15, -0.1) is 0 Å². The van der Waals surface area contributed by atoms with Crippen LogP contribution in [0.1, 0.15) is 6.42 Å². The van der Waals surface area contributed by atoms with Gasteiger partial charge in [-0.1, -0.05) is 12.1 Å². The molecule has 18 heavy (non-hydrogen) atoms. The van der Waals surface area contributed by atoms with E-state index < -0.39 is 15.6 Å². The van der Waals surface area contributed by atoms with Crippen LogP contribution in [-0.4, -0.2) is 31.7 Å². The highest BCUT2D eigenvalue weighted by atomic mass is 32.2. The van der Waals surface area contributed by atoms with Crippen molar-refractivity contribution in [3.8, 4) is 0 Å². The Hall–Kier alpha value is -0.820. The van der Waals surface area contributed by atoms with Gasteiger partial charge >= 0.3 is 5.76 Å². The molecule has 1 atom stereocenters. The summed E-state index contributed by atoms with van der Waals surface area (Å²) in [7, 11) is -4.55. The first-order valence-corrected chi connectivity index (χ1v) is 8.17. The van der Waals surface area contributed by atoms with Crippen molar-refractivity contribution in [2.45, 2.75) is 23.1 Å². The summed E-state index contributed by atoms with van der Waals surface area (Å²) in [6.45, 7) is 0. The minimum absolute atomic E-state index is 0.143. The second-order valence-corrected chi connectivity index (χ2v) is 7.04. The Labute approximate surface area is 109 Å². The number of para-hydroxylation sites is 1. The van der Waals surface area contributed by atoms with E-state index in [9.17, 15) is 17.2 Å². The lowest BCUT2D eigenvalue weighted by atomic mass is 10.2. The van der Waals surface area contributed by atoms with Crippen molar-refractivity contribution < 1.29 is 17.2 Å². The summed E-state index contributed by atoms with van der Waals surface area (Å²) in [4.78, 5) is -0.322. The molecule has 2 rings (SSSR count). The SMILES string of the molecule is O=S(=O)(c1ccccc1NC1CCSC1)C(F)F. The second kappa shape index (κ2) is 5.44. The smallest absolute Gasteiger partial charge is 0.341 e. The second-order valence-electron chi connectivity index (χ2n) is 4.01. The van der Waals surface area contributed by atoms with Gasteiger partial charge in [0.05, 0.1) is 10.6 Å². The average Bonchev–Trinajstić information content (AvgIpc) is 2.82. The van der Waals surface area contributed by atoms with E-state index >= 15 is 0 Å². The quantitative estimate of drug-likeness (QED) is 0.927. The van der Waals surface area contributed by atoms with Crippen molar-refractivity contribution in [1.82, 2.24) is 0 Å². The third kappa shape index (κ3) is 2.77. The van der Waals surface area contributed by atoms with Crippen LogP contribution in [0.5, 0.6) is 0 Å². The van der Waals surface area contributed by atoms with Crippen molar-refractivity contribution in [2.24, 2.45) is 0 Å². The fourth-order valence-corrected chi connectivity index (χ4v) is 3.84. The summed E-state index contributed by atoms with van der Waals surface area (Å²) in [6, 6.07) is 5.96. The van der Waals surface area contributed by atoms with Gasteiger partial charge in [-0.2, -0.15) is 20.5 Å². The number of benzene rings is 1. The van der Waals surface area contributed by atoms with Crippen molar-refractivity contribution in [1.29, 1.82) is 0 Å². The molecule has 1 aliphatic rings. The maximum Gasteiger partial charge on any atom is 0.341 e. The molecule has 3 nitrogen and oxygen atoms in total. The largest absolute Gasteiger partial charge is 0.380 e. The molecule has 1 heterocycles. The Morgan fingerprint density at radius 3 is 2.67 bits per heavy atom. The predicted octanol–water partition coefficient (Wildman–Crippen LogP) is 2.60. The third-order valence-corrected chi connectivity index (χ3v) is 5.32. The van der Waals surface area contributed by atoms with E-state index in [2.05, 4.69) is 5.32 Å². The molecule has 0 saturated carbocycles. The average molecular weight is 293 g/mol. The molecule has 1 fully saturated rings. The summed E-state index contributed by atoms with van der Waals surface area (Å²) in [5.74, 6) is -1.52. The number of halogens is 2. The van der Waals surface area contributed by atoms with E-state index in [1.165, 1.54) is 18.2 Å². The Morgan fingerprint density at radius 2 is 2.06 bits per heavy atom. The van der Waals surface area contributed by atoms with Crippen LogP contribution >= 0.6 is 11.8 Å². The molecule has 1 aromatic rings. The van der Waals surface area contributed by atoms with Gasteiger partial charge in [0.25, 0.3) is 0 Å². The first-order chi connectivity index (χ1) is 8.51. The van der Waals surface area contributed by atoms with Crippen LogP contribution in [0.15, 0.2) is 29.2 Å². The van der Waals surface area contributed by atoms with Crippen LogP contribution in [0.25, 0.3) is 0 Å². The maximum absolute atomic E-state index is 12.6. The molecule has 7 heteroatoms. The van der Waals surface area contributed by atoms with Crippen LogP contribution in [0.2, 0.25) is 0 Å². The minimum atomic E-state index is -4.55.